The van der Waals surface area contributed by atoms with Crippen LogP contribution in [0.2, 0.25) is 0 Å². The lowest BCUT2D eigenvalue weighted by molar-refractivity contribution is -0.127. The lowest BCUT2D eigenvalue weighted by atomic mass is 10.2. The van der Waals surface area contributed by atoms with Crippen molar-refractivity contribution in [3.8, 4) is 0 Å². The van der Waals surface area contributed by atoms with Crippen LogP contribution in [0.1, 0.15) is 6.92 Å². The molecule has 0 spiro atoms. The number of para-hydroxylation sites is 1. The number of hydrogen-bond donors (Lipinski definition) is 0. The van der Waals surface area contributed by atoms with Crippen LogP contribution in [0.15, 0.2) is 46.9 Å². The molecule has 1 heterocycles. The minimum atomic E-state index is -0.320. The Balaban J connectivity index is 2.52. The zero-order valence-corrected chi connectivity index (χ0v) is 13.8. The van der Waals surface area contributed by atoms with Gasteiger partial charge in [0.25, 0.3) is 5.56 Å². The Hall–Kier alpha value is -2.08. The van der Waals surface area contributed by atoms with E-state index in [0.717, 1.165) is 0 Å². The van der Waals surface area contributed by atoms with Gasteiger partial charge in [-0.15, -0.1) is 6.58 Å². The Morgan fingerprint density at radius 1 is 1.45 bits per heavy atom. The van der Waals surface area contributed by atoms with Crippen molar-refractivity contribution in [1.29, 1.82) is 0 Å². The summed E-state index contributed by atoms with van der Waals surface area (Å²) in [6.07, 6.45) is 1.65. The monoisotopic (exact) mass is 317 g/mol. The normalized spacial score (nSPS) is 12.1. The first kappa shape index (κ1) is 16.3. The summed E-state index contributed by atoms with van der Waals surface area (Å²) < 4.78 is 1.56. The smallest absolute Gasteiger partial charge is 0.262 e. The maximum absolute atomic E-state index is 12.6. The van der Waals surface area contributed by atoms with Crippen molar-refractivity contribution in [1.82, 2.24) is 14.5 Å². The molecule has 22 heavy (non-hydrogen) atoms. The third-order valence-electron chi connectivity index (χ3n) is 3.21. The lowest BCUT2D eigenvalue weighted by Crippen LogP contribution is -2.31. The number of allylic oxidation sites excluding steroid dienone is 1. The van der Waals surface area contributed by atoms with Crippen LogP contribution in [0.4, 0.5) is 0 Å². The Morgan fingerprint density at radius 3 is 2.77 bits per heavy atom. The average molecular weight is 317 g/mol. The second-order valence-corrected chi connectivity index (χ2v) is 6.42. The largest absolute Gasteiger partial charge is 0.348 e. The standard InChI is InChI=1S/C16H19N3O2S/c1-5-10-19-15(21)12-8-6-7-9-13(12)17-16(19)22-11(2)14(20)18(3)4/h5-9,11H,1,10H2,2-4H3. The molecule has 0 aliphatic carbocycles. The molecule has 1 aromatic carbocycles. The van der Waals surface area contributed by atoms with Gasteiger partial charge in [-0.1, -0.05) is 30.0 Å². The molecule has 0 saturated carbocycles. The molecule has 2 aromatic rings. The number of benzene rings is 1. The Labute approximate surface area is 133 Å². The fraction of sp³-hybridized carbons (Fsp3) is 0.312. The van der Waals surface area contributed by atoms with Gasteiger partial charge in [-0.3, -0.25) is 14.2 Å². The van der Waals surface area contributed by atoms with E-state index in [0.29, 0.717) is 22.6 Å². The summed E-state index contributed by atoms with van der Waals surface area (Å²) in [5, 5.41) is 0.783. The van der Waals surface area contributed by atoms with Gasteiger partial charge in [0.15, 0.2) is 5.16 Å². The first-order chi connectivity index (χ1) is 10.5. The fourth-order valence-electron chi connectivity index (χ4n) is 2.10. The van der Waals surface area contributed by atoms with E-state index in [-0.39, 0.29) is 16.7 Å². The van der Waals surface area contributed by atoms with E-state index in [1.165, 1.54) is 16.7 Å². The van der Waals surface area contributed by atoms with E-state index in [4.69, 9.17) is 0 Å². The van der Waals surface area contributed by atoms with Crippen molar-refractivity contribution in [3.05, 3.63) is 47.3 Å². The number of hydrogen-bond acceptors (Lipinski definition) is 4. The maximum atomic E-state index is 12.6. The van der Waals surface area contributed by atoms with Crippen molar-refractivity contribution >= 4 is 28.6 Å². The van der Waals surface area contributed by atoms with Gasteiger partial charge < -0.3 is 4.90 Å². The van der Waals surface area contributed by atoms with Gasteiger partial charge in [-0.05, 0) is 19.1 Å². The molecule has 1 aromatic heterocycles. The predicted octanol–water partition coefficient (Wildman–Crippen LogP) is 2.15. The molecule has 0 N–H and O–H groups in total. The van der Waals surface area contributed by atoms with Crippen LogP contribution in [0.3, 0.4) is 0 Å². The highest BCUT2D eigenvalue weighted by Crippen LogP contribution is 2.23. The average Bonchev–Trinajstić information content (AvgIpc) is 2.50. The molecule has 0 aliphatic rings. The number of carbonyl (C=O) groups excluding carboxylic acids is 1. The van der Waals surface area contributed by atoms with E-state index >= 15 is 0 Å². The Kier molecular flexibility index (Phi) is 5.03. The molecular weight excluding hydrogens is 298 g/mol. The third kappa shape index (κ3) is 3.22. The van der Waals surface area contributed by atoms with Gasteiger partial charge >= 0.3 is 0 Å². The lowest BCUT2D eigenvalue weighted by Gasteiger charge is -2.18. The number of amides is 1. The Bertz CT molecular complexity index is 768. The first-order valence-electron chi connectivity index (χ1n) is 6.94. The molecule has 1 amide bonds. The molecule has 5 nitrogen and oxygen atoms in total. The number of thioether (sulfide) groups is 1. The number of rotatable bonds is 5. The topological polar surface area (TPSA) is 55.2 Å². The van der Waals surface area contributed by atoms with Gasteiger partial charge in [0, 0.05) is 20.6 Å². The molecule has 116 valence electrons. The second kappa shape index (κ2) is 6.79. The van der Waals surface area contributed by atoms with Crippen LogP contribution in [0.5, 0.6) is 0 Å². The van der Waals surface area contributed by atoms with E-state index in [2.05, 4.69) is 11.6 Å². The summed E-state index contributed by atoms with van der Waals surface area (Å²) in [5.41, 5.74) is 0.525. The highest BCUT2D eigenvalue weighted by atomic mass is 32.2. The van der Waals surface area contributed by atoms with Crippen molar-refractivity contribution in [2.45, 2.75) is 23.9 Å². The van der Waals surface area contributed by atoms with Crippen molar-refractivity contribution in [3.63, 3.8) is 0 Å². The van der Waals surface area contributed by atoms with Crippen molar-refractivity contribution < 1.29 is 4.79 Å². The summed E-state index contributed by atoms with van der Waals surface area (Å²) in [6, 6.07) is 7.22. The predicted molar refractivity (Wildman–Crippen MR) is 90.2 cm³/mol. The van der Waals surface area contributed by atoms with Crippen molar-refractivity contribution in [2.75, 3.05) is 14.1 Å². The zero-order valence-electron chi connectivity index (χ0n) is 12.9. The van der Waals surface area contributed by atoms with Gasteiger partial charge in [-0.25, -0.2) is 4.98 Å². The van der Waals surface area contributed by atoms with E-state index in [1.54, 1.807) is 36.9 Å². The molecular formula is C16H19N3O2S. The first-order valence-corrected chi connectivity index (χ1v) is 7.82. The summed E-state index contributed by atoms with van der Waals surface area (Å²) in [4.78, 5) is 30.7. The summed E-state index contributed by atoms with van der Waals surface area (Å²) in [5.74, 6) is -0.0161. The van der Waals surface area contributed by atoms with Crippen LogP contribution in [0.25, 0.3) is 10.9 Å². The number of carbonyl (C=O) groups is 1. The summed E-state index contributed by atoms with van der Waals surface area (Å²) >= 11 is 1.29. The van der Waals surface area contributed by atoms with E-state index in [1.807, 2.05) is 19.1 Å². The fourth-order valence-corrected chi connectivity index (χ4v) is 3.16. The minimum absolute atomic E-state index is 0.0161. The van der Waals surface area contributed by atoms with Gasteiger partial charge in [-0.2, -0.15) is 0 Å². The molecule has 1 unspecified atom stereocenters. The molecule has 0 fully saturated rings. The van der Waals surface area contributed by atoms with Crippen LogP contribution in [0, 0.1) is 0 Å². The minimum Gasteiger partial charge on any atom is -0.348 e. The van der Waals surface area contributed by atoms with Gasteiger partial charge in [0.05, 0.1) is 16.2 Å². The molecule has 0 aliphatic heterocycles. The highest BCUT2D eigenvalue weighted by molar-refractivity contribution is 8.00. The quantitative estimate of drug-likeness (QED) is 0.482. The number of fused-ring (bicyclic) bond motifs is 1. The highest BCUT2D eigenvalue weighted by Gasteiger charge is 2.20. The van der Waals surface area contributed by atoms with Gasteiger partial charge in [0.1, 0.15) is 0 Å². The van der Waals surface area contributed by atoms with Crippen LogP contribution in [-0.4, -0.2) is 39.7 Å². The zero-order chi connectivity index (χ0) is 16.3. The molecule has 1 atom stereocenters. The van der Waals surface area contributed by atoms with Crippen LogP contribution in [-0.2, 0) is 11.3 Å². The summed E-state index contributed by atoms with van der Waals surface area (Å²) in [6.45, 7) is 5.86. The number of aromatic nitrogens is 2. The molecule has 6 heteroatoms. The molecule has 0 saturated heterocycles. The molecule has 0 bridgehead atoms. The summed E-state index contributed by atoms with van der Waals surface area (Å²) in [7, 11) is 3.42. The SMILES string of the molecule is C=CCn1c(SC(C)C(=O)N(C)C)nc2ccccc2c1=O. The van der Waals surface area contributed by atoms with Crippen molar-refractivity contribution in [2.24, 2.45) is 0 Å². The van der Waals surface area contributed by atoms with Crippen LogP contribution >= 0.6 is 11.8 Å². The second-order valence-electron chi connectivity index (χ2n) is 5.11. The van der Waals surface area contributed by atoms with Gasteiger partial charge in [0.2, 0.25) is 5.91 Å². The number of nitrogens with zero attached hydrogens (tertiary/aromatic N) is 3. The third-order valence-corrected chi connectivity index (χ3v) is 4.29. The maximum Gasteiger partial charge on any atom is 0.262 e. The Morgan fingerprint density at radius 2 is 2.14 bits per heavy atom. The van der Waals surface area contributed by atoms with E-state index in [9.17, 15) is 9.59 Å². The molecule has 2 rings (SSSR count). The van der Waals surface area contributed by atoms with E-state index < -0.39 is 0 Å². The molecule has 0 radical (unpaired) electrons. The van der Waals surface area contributed by atoms with Crippen LogP contribution < -0.4 is 5.56 Å².